The van der Waals surface area contributed by atoms with Crippen LogP contribution in [-0.4, -0.2) is 4.98 Å². The van der Waals surface area contributed by atoms with Gasteiger partial charge in [0, 0.05) is 6.20 Å². The molecule has 0 unspecified atom stereocenters. The highest BCUT2D eigenvalue weighted by Gasteiger charge is 2.15. The molecular weight excluding hydrogens is 214 g/mol. The Balaban J connectivity index is 2.12. The number of allylic oxidation sites excluding steroid dienone is 1. The zero-order chi connectivity index (χ0) is 11.4. The Bertz CT molecular complexity index is 361. The fourth-order valence-corrected chi connectivity index (χ4v) is 2.51. The van der Waals surface area contributed by atoms with Gasteiger partial charge in [0.2, 0.25) is 0 Å². The first-order chi connectivity index (χ1) is 7.81. The Morgan fingerprint density at radius 3 is 2.62 bits per heavy atom. The van der Waals surface area contributed by atoms with Crippen LogP contribution in [0.3, 0.4) is 0 Å². The third-order valence-electron chi connectivity index (χ3n) is 3.46. The number of thiol groups is 1. The largest absolute Gasteiger partial charge is 0.256 e. The van der Waals surface area contributed by atoms with Gasteiger partial charge in [-0.3, -0.25) is 4.98 Å². The maximum Gasteiger partial charge on any atom is 0.0664 e. The Morgan fingerprint density at radius 1 is 1.31 bits per heavy atom. The lowest BCUT2D eigenvalue weighted by molar-refractivity contribution is 0.443. The molecule has 0 aromatic carbocycles. The second-order valence-corrected chi connectivity index (χ2v) is 4.88. The van der Waals surface area contributed by atoms with Crippen molar-refractivity contribution in [2.24, 2.45) is 0 Å². The smallest absolute Gasteiger partial charge is 0.0664 e. The molecule has 16 heavy (non-hydrogen) atoms. The van der Waals surface area contributed by atoms with Crippen LogP contribution in [0, 0.1) is 0 Å². The maximum atomic E-state index is 4.51. The summed E-state index contributed by atoms with van der Waals surface area (Å²) in [5.74, 6) is 0.746. The molecule has 0 saturated heterocycles. The topological polar surface area (TPSA) is 12.9 Å². The zero-order valence-corrected chi connectivity index (χ0v) is 10.7. The number of hydrogen-bond acceptors (Lipinski definition) is 2. The quantitative estimate of drug-likeness (QED) is 0.746. The fraction of sp³-hybridized carbons (Fsp3) is 0.500. The first-order valence-electron chi connectivity index (χ1n) is 6.08. The van der Waals surface area contributed by atoms with Gasteiger partial charge in [-0.2, -0.15) is 12.6 Å². The van der Waals surface area contributed by atoms with E-state index in [1.54, 1.807) is 0 Å². The molecule has 2 rings (SSSR count). The summed E-state index contributed by atoms with van der Waals surface area (Å²) in [6, 6.07) is 4.35. The van der Waals surface area contributed by atoms with E-state index in [-0.39, 0.29) is 0 Å². The van der Waals surface area contributed by atoms with E-state index in [4.69, 9.17) is 0 Å². The summed E-state index contributed by atoms with van der Waals surface area (Å²) in [6.45, 7) is 2.04. The van der Waals surface area contributed by atoms with Gasteiger partial charge in [-0.05, 0) is 48.3 Å². The monoisotopic (exact) mass is 233 g/mol. The van der Waals surface area contributed by atoms with E-state index in [0.29, 0.717) is 0 Å². The standard InChI is InChI=1S/C14H19NS/c1-11(10-16)14-8-7-13(9-15-14)12-5-3-2-4-6-12/h7-10,12,16H,2-6H2,1H3/b11-10-. The average molecular weight is 233 g/mol. The van der Waals surface area contributed by atoms with Crippen molar-refractivity contribution in [1.82, 2.24) is 4.98 Å². The SMILES string of the molecule is C/C(=C/S)c1ccc(C2CCCCC2)cn1. The van der Waals surface area contributed by atoms with E-state index in [2.05, 4.69) is 29.7 Å². The second-order valence-electron chi connectivity index (χ2n) is 4.62. The van der Waals surface area contributed by atoms with Gasteiger partial charge >= 0.3 is 0 Å². The van der Waals surface area contributed by atoms with E-state index in [9.17, 15) is 0 Å². The average Bonchev–Trinajstić information content (AvgIpc) is 2.39. The molecule has 0 aliphatic heterocycles. The van der Waals surface area contributed by atoms with Crippen LogP contribution in [0.2, 0.25) is 0 Å². The first-order valence-corrected chi connectivity index (χ1v) is 6.60. The fourth-order valence-electron chi connectivity index (χ4n) is 2.38. The number of rotatable bonds is 2. The van der Waals surface area contributed by atoms with Crippen molar-refractivity contribution in [3.8, 4) is 0 Å². The lowest BCUT2D eigenvalue weighted by atomic mass is 9.85. The van der Waals surface area contributed by atoms with E-state index in [1.165, 1.54) is 37.7 Å². The molecule has 0 radical (unpaired) electrons. The number of hydrogen-bond donors (Lipinski definition) is 1. The molecule has 1 aromatic rings. The van der Waals surface area contributed by atoms with Gasteiger partial charge in [0.05, 0.1) is 5.69 Å². The third kappa shape index (κ3) is 2.67. The minimum absolute atomic E-state index is 0.746. The Labute approximate surface area is 103 Å². The zero-order valence-electron chi connectivity index (χ0n) is 9.82. The summed E-state index contributed by atoms with van der Waals surface area (Å²) < 4.78 is 0. The molecule has 1 heterocycles. The molecule has 1 nitrogen and oxygen atoms in total. The summed E-state index contributed by atoms with van der Waals surface area (Å²) >= 11 is 4.15. The normalized spacial score (nSPS) is 18.8. The highest BCUT2D eigenvalue weighted by Crippen LogP contribution is 2.32. The molecule has 2 heteroatoms. The van der Waals surface area contributed by atoms with Gasteiger partial charge in [-0.25, -0.2) is 0 Å². The van der Waals surface area contributed by atoms with Crippen LogP contribution in [0.5, 0.6) is 0 Å². The number of aromatic nitrogens is 1. The van der Waals surface area contributed by atoms with Gasteiger partial charge in [-0.15, -0.1) is 0 Å². The molecule has 1 fully saturated rings. The van der Waals surface area contributed by atoms with Crippen molar-refractivity contribution < 1.29 is 0 Å². The summed E-state index contributed by atoms with van der Waals surface area (Å²) in [5.41, 5.74) is 3.57. The molecule has 1 aromatic heterocycles. The molecule has 0 amide bonds. The van der Waals surface area contributed by atoms with Crippen molar-refractivity contribution in [2.75, 3.05) is 0 Å². The molecule has 0 bridgehead atoms. The van der Waals surface area contributed by atoms with E-state index < -0.39 is 0 Å². The minimum atomic E-state index is 0.746. The number of nitrogens with zero attached hydrogens (tertiary/aromatic N) is 1. The summed E-state index contributed by atoms with van der Waals surface area (Å²) in [6.07, 6.45) is 8.88. The molecule has 86 valence electrons. The Kier molecular flexibility index (Phi) is 4.05. The molecule has 0 N–H and O–H groups in total. The summed E-state index contributed by atoms with van der Waals surface area (Å²) in [5, 5.41) is 1.81. The van der Waals surface area contributed by atoms with Gasteiger partial charge in [0.15, 0.2) is 0 Å². The lowest BCUT2D eigenvalue weighted by Crippen LogP contribution is -2.05. The van der Waals surface area contributed by atoms with E-state index >= 15 is 0 Å². The highest BCUT2D eigenvalue weighted by atomic mass is 32.1. The molecular formula is C14H19NS. The van der Waals surface area contributed by atoms with Crippen LogP contribution in [0.4, 0.5) is 0 Å². The van der Waals surface area contributed by atoms with Crippen LogP contribution in [0.1, 0.15) is 56.2 Å². The first kappa shape index (κ1) is 11.7. The van der Waals surface area contributed by atoms with Gasteiger partial charge < -0.3 is 0 Å². The maximum absolute atomic E-state index is 4.51. The van der Waals surface area contributed by atoms with Gasteiger partial charge in [0.1, 0.15) is 0 Å². The van der Waals surface area contributed by atoms with E-state index in [0.717, 1.165) is 17.2 Å². The van der Waals surface area contributed by atoms with Crippen LogP contribution in [0.25, 0.3) is 5.57 Å². The molecule has 1 aliphatic rings. The highest BCUT2D eigenvalue weighted by molar-refractivity contribution is 7.83. The predicted molar refractivity (Wildman–Crippen MR) is 72.7 cm³/mol. The summed E-state index contributed by atoms with van der Waals surface area (Å²) in [7, 11) is 0. The van der Waals surface area contributed by atoms with Gasteiger partial charge in [0.25, 0.3) is 0 Å². The molecule has 1 aliphatic carbocycles. The lowest BCUT2D eigenvalue weighted by Gasteiger charge is -2.21. The molecule has 0 spiro atoms. The predicted octanol–water partition coefficient (Wildman–Crippen LogP) is 4.42. The van der Waals surface area contributed by atoms with E-state index in [1.807, 2.05) is 18.5 Å². The van der Waals surface area contributed by atoms with Gasteiger partial charge in [-0.1, -0.05) is 25.3 Å². The third-order valence-corrected chi connectivity index (χ3v) is 3.85. The van der Waals surface area contributed by atoms with Crippen LogP contribution in [0.15, 0.2) is 23.7 Å². The molecule has 1 saturated carbocycles. The van der Waals surface area contributed by atoms with Crippen molar-refractivity contribution in [2.45, 2.75) is 44.9 Å². The minimum Gasteiger partial charge on any atom is -0.256 e. The van der Waals surface area contributed by atoms with Crippen LogP contribution < -0.4 is 0 Å². The van der Waals surface area contributed by atoms with Crippen LogP contribution >= 0.6 is 12.6 Å². The summed E-state index contributed by atoms with van der Waals surface area (Å²) in [4.78, 5) is 4.51. The van der Waals surface area contributed by atoms with Crippen molar-refractivity contribution in [1.29, 1.82) is 0 Å². The van der Waals surface area contributed by atoms with Crippen molar-refractivity contribution >= 4 is 18.2 Å². The second kappa shape index (κ2) is 5.53. The van der Waals surface area contributed by atoms with Crippen molar-refractivity contribution in [3.63, 3.8) is 0 Å². The Morgan fingerprint density at radius 2 is 2.06 bits per heavy atom. The number of pyridine rings is 1. The molecule has 0 atom stereocenters. The Hall–Kier alpha value is -0.760. The van der Waals surface area contributed by atoms with Crippen molar-refractivity contribution in [3.05, 3.63) is 35.0 Å². The van der Waals surface area contributed by atoms with Crippen LogP contribution in [-0.2, 0) is 0 Å².